The lowest BCUT2D eigenvalue weighted by Gasteiger charge is -2.27. The number of nitrogens with one attached hydrogen (secondary N) is 3. The van der Waals surface area contributed by atoms with Crippen LogP contribution in [-0.2, 0) is 4.74 Å². The molecule has 2 aromatic carbocycles. The number of benzene rings is 2. The molecule has 2 amide bonds. The zero-order valence-corrected chi connectivity index (χ0v) is 21.1. The molecule has 1 aliphatic heterocycles. The molecule has 38 heavy (non-hydrogen) atoms. The first kappa shape index (κ1) is 25.1. The molecule has 10 nitrogen and oxygen atoms in total. The van der Waals surface area contributed by atoms with Crippen LogP contribution in [0.4, 0.5) is 33.8 Å². The Balaban J connectivity index is 1.29. The van der Waals surface area contributed by atoms with Crippen molar-refractivity contribution in [2.24, 2.45) is 0 Å². The normalized spacial score (nSPS) is 13.3. The van der Waals surface area contributed by atoms with Gasteiger partial charge in [0, 0.05) is 36.3 Å². The Labute approximate surface area is 224 Å². The number of rotatable bonds is 7. The number of hydrogen-bond donors (Lipinski definition) is 3. The van der Waals surface area contributed by atoms with E-state index in [1.54, 1.807) is 24.3 Å². The van der Waals surface area contributed by atoms with Gasteiger partial charge in [0.15, 0.2) is 5.82 Å². The van der Waals surface area contributed by atoms with Crippen LogP contribution in [0.3, 0.4) is 0 Å². The van der Waals surface area contributed by atoms with Gasteiger partial charge in [-0.15, -0.1) is 0 Å². The number of carbonyl (C=O) groups excluding carboxylic acids is 1. The Morgan fingerprint density at radius 2 is 1.61 bits per heavy atom. The minimum atomic E-state index is -0.393. The fraction of sp³-hybridized carbons (Fsp3) is 0.148. The molecule has 0 atom stereocenters. The predicted octanol–water partition coefficient (Wildman–Crippen LogP) is 5.31. The number of pyridine rings is 1. The quantitative estimate of drug-likeness (QED) is 0.276. The van der Waals surface area contributed by atoms with Crippen molar-refractivity contribution >= 4 is 58.7 Å². The minimum Gasteiger partial charge on any atom is -0.378 e. The largest absolute Gasteiger partial charge is 0.378 e. The SMILES string of the molecule is O=C(Nc1ccc(Nc2nc(/C=C/c3ccccc3)nc(N3CCOCC3)n2)cc1)Nc1ccnc(Cl)c1. The first-order valence-electron chi connectivity index (χ1n) is 12.0. The molecule has 0 spiro atoms. The van der Waals surface area contributed by atoms with Crippen LogP contribution < -0.4 is 20.9 Å². The maximum absolute atomic E-state index is 12.3. The van der Waals surface area contributed by atoms with Crippen molar-refractivity contribution in [3.63, 3.8) is 0 Å². The smallest absolute Gasteiger partial charge is 0.323 e. The molecular weight excluding hydrogens is 504 g/mol. The van der Waals surface area contributed by atoms with Crippen LogP contribution in [0.1, 0.15) is 11.4 Å². The number of morpholine rings is 1. The average Bonchev–Trinajstić information content (AvgIpc) is 2.94. The molecule has 0 bridgehead atoms. The molecule has 0 unspecified atom stereocenters. The van der Waals surface area contributed by atoms with Gasteiger partial charge in [-0.3, -0.25) is 0 Å². The topological polar surface area (TPSA) is 117 Å². The zero-order chi connectivity index (χ0) is 26.2. The Hall–Kier alpha value is -4.54. The molecule has 1 aliphatic rings. The number of hydrogen-bond acceptors (Lipinski definition) is 8. The van der Waals surface area contributed by atoms with Crippen LogP contribution in [0.2, 0.25) is 5.15 Å². The van der Waals surface area contributed by atoms with E-state index in [4.69, 9.17) is 16.3 Å². The summed E-state index contributed by atoms with van der Waals surface area (Å²) in [6.45, 7) is 2.67. The van der Waals surface area contributed by atoms with E-state index in [1.807, 2.05) is 54.6 Å². The fourth-order valence-electron chi connectivity index (χ4n) is 3.69. The third kappa shape index (κ3) is 7.02. The second-order valence-electron chi connectivity index (χ2n) is 8.31. The van der Waals surface area contributed by atoms with Crippen LogP contribution in [-0.4, -0.2) is 52.3 Å². The summed E-state index contributed by atoms with van der Waals surface area (Å²) in [6.07, 6.45) is 5.36. The summed E-state index contributed by atoms with van der Waals surface area (Å²) < 4.78 is 5.47. The van der Waals surface area contributed by atoms with Gasteiger partial charge in [-0.1, -0.05) is 48.0 Å². The van der Waals surface area contributed by atoms with Gasteiger partial charge in [-0.2, -0.15) is 15.0 Å². The van der Waals surface area contributed by atoms with Crippen molar-refractivity contribution < 1.29 is 9.53 Å². The predicted molar refractivity (Wildman–Crippen MR) is 150 cm³/mol. The lowest BCUT2D eigenvalue weighted by molar-refractivity contribution is 0.122. The third-order valence-corrected chi connectivity index (χ3v) is 5.75. The maximum atomic E-state index is 12.3. The molecule has 0 radical (unpaired) electrons. The van der Waals surface area contributed by atoms with E-state index >= 15 is 0 Å². The lowest BCUT2D eigenvalue weighted by atomic mass is 10.2. The highest BCUT2D eigenvalue weighted by Crippen LogP contribution is 2.20. The molecule has 11 heteroatoms. The van der Waals surface area contributed by atoms with Crippen molar-refractivity contribution in [3.05, 3.63) is 89.5 Å². The maximum Gasteiger partial charge on any atom is 0.323 e. The highest BCUT2D eigenvalue weighted by atomic mass is 35.5. The average molecular weight is 529 g/mol. The van der Waals surface area contributed by atoms with E-state index in [1.165, 1.54) is 6.20 Å². The van der Waals surface area contributed by atoms with Crippen LogP contribution in [0.15, 0.2) is 72.9 Å². The number of carbonyl (C=O) groups is 1. The molecule has 192 valence electrons. The van der Waals surface area contributed by atoms with Crippen LogP contribution in [0.25, 0.3) is 12.2 Å². The number of aromatic nitrogens is 4. The van der Waals surface area contributed by atoms with Crippen molar-refractivity contribution in [1.82, 2.24) is 19.9 Å². The van der Waals surface area contributed by atoms with Gasteiger partial charge in [0.05, 0.1) is 13.2 Å². The van der Waals surface area contributed by atoms with Gasteiger partial charge in [0.2, 0.25) is 11.9 Å². The van der Waals surface area contributed by atoms with Crippen molar-refractivity contribution in [1.29, 1.82) is 0 Å². The van der Waals surface area contributed by atoms with Crippen molar-refractivity contribution in [3.8, 4) is 0 Å². The summed E-state index contributed by atoms with van der Waals surface area (Å²) in [5, 5.41) is 9.04. The first-order valence-corrected chi connectivity index (χ1v) is 12.4. The van der Waals surface area contributed by atoms with Gasteiger partial charge in [0.1, 0.15) is 5.15 Å². The van der Waals surface area contributed by atoms with Crippen molar-refractivity contribution in [2.75, 3.05) is 47.2 Å². The Morgan fingerprint density at radius 3 is 2.37 bits per heavy atom. The number of ether oxygens (including phenoxy) is 1. The summed E-state index contributed by atoms with van der Waals surface area (Å²) >= 11 is 5.87. The molecular formula is C27H25ClN8O2. The molecule has 0 aliphatic carbocycles. The molecule has 4 aromatic rings. The monoisotopic (exact) mass is 528 g/mol. The first-order chi connectivity index (χ1) is 18.6. The highest BCUT2D eigenvalue weighted by Gasteiger charge is 2.16. The fourth-order valence-corrected chi connectivity index (χ4v) is 3.86. The van der Waals surface area contributed by atoms with Crippen LogP contribution in [0.5, 0.6) is 0 Å². The minimum absolute atomic E-state index is 0.298. The molecule has 0 saturated carbocycles. The van der Waals surface area contributed by atoms with Gasteiger partial charge in [-0.25, -0.2) is 9.78 Å². The Morgan fingerprint density at radius 1 is 0.868 bits per heavy atom. The summed E-state index contributed by atoms with van der Waals surface area (Å²) in [5.74, 6) is 1.55. The van der Waals surface area contributed by atoms with E-state index in [0.29, 0.717) is 60.6 Å². The molecule has 3 N–H and O–H groups in total. The van der Waals surface area contributed by atoms with E-state index in [9.17, 15) is 4.79 Å². The number of halogens is 1. The van der Waals surface area contributed by atoms with Gasteiger partial charge >= 0.3 is 6.03 Å². The summed E-state index contributed by atoms with van der Waals surface area (Å²) in [5.41, 5.74) is 2.97. The molecule has 2 aromatic heterocycles. The lowest BCUT2D eigenvalue weighted by Crippen LogP contribution is -2.37. The molecule has 3 heterocycles. The highest BCUT2D eigenvalue weighted by molar-refractivity contribution is 6.29. The standard InChI is InChI=1S/C27H25ClN8O2/c28-23-18-22(12-13-29-23)32-27(37)31-21-9-7-20(8-10-21)30-25-33-24(11-6-19-4-2-1-3-5-19)34-26(35-25)36-14-16-38-17-15-36/h1-13,18H,14-17H2,(H2,29,31,32,37)(H,30,33,34,35)/b11-6+. The molecule has 1 saturated heterocycles. The molecule has 1 fully saturated rings. The Kier molecular flexibility index (Phi) is 8.02. The van der Waals surface area contributed by atoms with E-state index in [2.05, 4.69) is 40.8 Å². The van der Waals surface area contributed by atoms with E-state index in [0.717, 1.165) is 11.3 Å². The zero-order valence-electron chi connectivity index (χ0n) is 20.3. The van der Waals surface area contributed by atoms with Crippen LogP contribution in [0, 0.1) is 0 Å². The van der Waals surface area contributed by atoms with E-state index < -0.39 is 6.03 Å². The third-order valence-electron chi connectivity index (χ3n) is 5.54. The molecule has 5 rings (SSSR count). The van der Waals surface area contributed by atoms with E-state index in [-0.39, 0.29) is 0 Å². The van der Waals surface area contributed by atoms with Crippen molar-refractivity contribution in [2.45, 2.75) is 0 Å². The van der Waals surface area contributed by atoms with Gasteiger partial charge < -0.3 is 25.6 Å². The summed E-state index contributed by atoms with van der Waals surface area (Å²) in [7, 11) is 0. The van der Waals surface area contributed by atoms with Crippen LogP contribution >= 0.6 is 11.6 Å². The summed E-state index contributed by atoms with van der Waals surface area (Å²) in [4.78, 5) is 32.2. The second kappa shape index (κ2) is 12.1. The Bertz CT molecular complexity index is 1410. The van der Waals surface area contributed by atoms with Gasteiger partial charge in [-0.05, 0) is 48.0 Å². The number of urea groups is 1. The van der Waals surface area contributed by atoms with Gasteiger partial charge in [0.25, 0.3) is 0 Å². The second-order valence-corrected chi connectivity index (χ2v) is 8.70. The number of amides is 2. The summed E-state index contributed by atoms with van der Waals surface area (Å²) in [6, 6.07) is 20.0. The number of anilines is 5. The number of nitrogens with zero attached hydrogens (tertiary/aromatic N) is 5.